The van der Waals surface area contributed by atoms with Crippen LogP contribution >= 0.6 is 11.3 Å². The highest BCUT2D eigenvalue weighted by Crippen LogP contribution is 2.24. The maximum atomic E-state index is 11.4. The summed E-state index contributed by atoms with van der Waals surface area (Å²) in [5.74, 6) is 0.124. The second kappa shape index (κ2) is 6.15. The molecule has 0 bridgehead atoms. The fourth-order valence-electron chi connectivity index (χ4n) is 1.34. The van der Waals surface area contributed by atoms with Gasteiger partial charge >= 0.3 is 0 Å². The van der Waals surface area contributed by atoms with Gasteiger partial charge in [0.2, 0.25) is 5.91 Å². The van der Waals surface area contributed by atoms with Crippen LogP contribution in [0.2, 0.25) is 0 Å². The predicted molar refractivity (Wildman–Crippen MR) is 72.4 cm³/mol. The molecule has 1 heterocycles. The second-order valence-corrected chi connectivity index (χ2v) is 6.17. The van der Waals surface area contributed by atoms with Gasteiger partial charge in [-0.2, -0.15) is 0 Å². The Labute approximate surface area is 108 Å². The Morgan fingerprint density at radius 1 is 1.47 bits per heavy atom. The van der Waals surface area contributed by atoms with Crippen LogP contribution in [0, 0.1) is 0 Å². The van der Waals surface area contributed by atoms with Gasteiger partial charge in [-0.05, 0) is 6.42 Å². The van der Waals surface area contributed by atoms with Crippen molar-refractivity contribution in [3.05, 3.63) is 16.1 Å². The van der Waals surface area contributed by atoms with Crippen molar-refractivity contribution in [3.63, 3.8) is 0 Å². The smallest absolute Gasteiger partial charge is 0.220 e. The van der Waals surface area contributed by atoms with Crippen LogP contribution in [0.1, 0.15) is 51.2 Å². The minimum atomic E-state index is 0.0964. The van der Waals surface area contributed by atoms with E-state index in [1.165, 1.54) is 0 Å². The maximum absolute atomic E-state index is 11.4. The van der Waals surface area contributed by atoms with Gasteiger partial charge in [0.15, 0.2) is 0 Å². The van der Waals surface area contributed by atoms with E-state index >= 15 is 0 Å². The molecule has 0 radical (unpaired) electrons. The minimum absolute atomic E-state index is 0.0964. The van der Waals surface area contributed by atoms with E-state index < -0.39 is 0 Å². The molecule has 0 spiro atoms. The zero-order valence-corrected chi connectivity index (χ0v) is 12.0. The Morgan fingerprint density at radius 3 is 2.71 bits per heavy atom. The highest BCUT2D eigenvalue weighted by Gasteiger charge is 2.17. The summed E-state index contributed by atoms with van der Waals surface area (Å²) in [6.45, 7) is 9.28. The standard InChI is InChI=1S/C13H22N2OS/c1-5-8-14-11(16)6-7-12-15-10(9-17-12)13(2,3)4/h9H,5-8H2,1-4H3,(H,14,16). The first-order valence-corrected chi connectivity index (χ1v) is 7.03. The fourth-order valence-corrected chi connectivity index (χ4v) is 2.37. The average molecular weight is 254 g/mol. The third-order valence-corrected chi connectivity index (χ3v) is 3.37. The number of thiazole rings is 1. The van der Waals surface area contributed by atoms with E-state index in [4.69, 9.17) is 0 Å². The van der Waals surface area contributed by atoms with Crippen molar-refractivity contribution in [3.8, 4) is 0 Å². The van der Waals surface area contributed by atoms with Crippen molar-refractivity contribution in [1.29, 1.82) is 0 Å². The van der Waals surface area contributed by atoms with Crippen LogP contribution in [0.5, 0.6) is 0 Å². The quantitative estimate of drug-likeness (QED) is 0.878. The molecule has 0 aliphatic carbocycles. The summed E-state index contributed by atoms with van der Waals surface area (Å²) in [4.78, 5) is 16.0. The molecule has 0 aliphatic rings. The van der Waals surface area contributed by atoms with Gasteiger partial charge < -0.3 is 5.32 Å². The molecule has 1 amide bonds. The van der Waals surface area contributed by atoms with Crippen molar-refractivity contribution < 1.29 is 4.79 Å². The Morgan fingerprint density at radius 2 is 2.18 bits per heavy atom. The van der Waals surface area contributed by atoms with E-state index in [1.54, 1.807) is 11.3 Å². The second-order valence-electron chi connectivity index (χ2n) is 5.23. The topological polar surface area (TPSA) is 42.0 Å². The third kappa shape index (κ3) is 4.86. The number of hydrogen-bond donors (Lipinski definition) is 1. The van der Waals surface area contributed by atoms with Gasteiger partial charge in [-0.25, -0.2) is 4.98 Å². The molecule has 4 heteroatoms. The Balaban J connectivity index is 2.42. The molecular formula is C13H22N2OS. The van der Waals surface area contributed by atoms with E-state index in [0.29, 0.717) is 6.42 Å². The van der Waals surface area contributed by atoms with E-state index in [-0.39, 0.29) is 11.3 Å². The summed E-state index contributed by atoms with van der Waals surface area (Å²) in [7, 11) is 0. The van der Waals surface area contributed by atoms with Crippen molar-refractivity contribution in [2.75, 3.05) is 6.54 Å². The zero-order valence-electron chi connectivity index (χ0n) is 11.2. The zero-order chi connectivity index (χ0) is 12.9. The van der Waals surface area contributed by atoms with Crippen LogP contribution in [0.4, 0.5) is 0 Å². The van der Waals surface area contributed by atoms with Gasteiger partial charge in [0.1, 0.15) is 0 Å². The van der Waals surface area contributed by atoms with Crippen molar-refractivity contribution in [2.24, 2.45) is 0 Å². The normalized spacial score (nSPS) is 11.5. The molecule has 0 aromatic carbocycles. The van der Waals surface area contributed by atoms with Gasteiger partial charge in [-0.1, -0.05) is 27.7 Å². The molecular weight excluding hydrogens is 232 g/mol. The lowest BCUT2D eigenvalue weighted by Crippen LogP contribution is -2.24. The summed E-state index contributed by atoms with van der Waals surface area (Å²) in [5.41, 5.74) is 1.21. The van der Waals surface area contributed by atoms with E-state index in [2.05, 4.69) is 43.4 Å². The fraction of sp³-hybridized carbons (Fsp3) is 0.692. The molecule has 1 aromatic heterocycles. The molecule has 0 saturated heterocycles. The van der Waals surface area contributed by atoms with Gasteiger partial charge in [-0.3, -0.25) is 4.79 Å². The predicted octanol–water partition coefficient (Wildman–Crippen LogP) is 2.90. The average Bonchev–Trinajstić information content (AvgIpc) is 2.71. The summed E-state index contributed by atoms with van der Waals surface area (Å²) < 4.78 is 0. The molecule has 96 valence electrons. The first-order valence-electron chi connectivity index (χ1n) is 6.15. The number of rotatable bonds is 5. The van der Waals surface area contributed by atoms with Crippen LogP contribution in [0.3, 0.4) is 0 Å². The van der Waals surface area contributed by atoms with Crippen LogP contribution in [0.25, 0.3) is 0 Å². The molecule has 0 saturated carbocycles. The molecule has 1 N–H and O–H groups in total. The lowest BCUT2D eigenvalue weighted by Gasteiger charge is -2.14. The van der Waals surface area contributed by atoms with E-state index in [0.717, 1.165) is 30.1 Å². The number of carbonyl (C=O) groups is 1. The SMILES string of the molecule is CCCNC(=O)CCc1nc(C(C)(C)C)cs1. The molecule has 17 heavy (non-hydrogen) atoms. The molecule has 0 unspecified atom stereocenters. The number of carbonyl (C=O) groups excluding carboxylic acids is 1. The summed E-state index contributed by atoms with van der Waals surface area (Å²) >= 11 is 1.65. The molecule has 1 rings (SSSR count). The number of aryl methyl sites for hydroxylation is 1. The summed E-state index contributed by atoms with van der Waals surface area (Å²) in [5, 5.41) is 6.03. The number of nitrogens with zero attached hydrogens (tertiary/aromatic N) is 1. The monoisotopic (exact) mass is 254 g/mol. The summed E-state index contributed by atoms with van der Waals surface area (Å²) in [6, 6.07) is 0. The van der Waals surface area contributed by atoms with Gasteiger partial charge in [-0.15, -0.1) is 11.3 Å². The van der Waals surface area contributed by atoms with Gasteiger partial charge in [0, 0.05) is 30.2 Å². The summed E-state index contributed by atoms with van der Waals surface area (Å²) in [6.07, 6.45) is 2.27. The Bertz CT molecular complexity index is 366. The van der Waals surface area contributed by atoms with E-state index in [1.807, 2.05) is 0 Å². The number of aromatic nitrogens is 1. The van der Waals surface area contributed by atoms with Gasteiger partial charge in [0.25, 0.3) is 0 Å². The largest absolute Gasteiger partial charge is 0.356 e. The maximum Gasteiger partial charge on any atom is 0.220 e. The Hall–Kier alpha value is -0.900. The number of nitrogens with one attached hydrogen (secondary N) is 1. The van der Waals surface area contributed by atoms with Crippen molar-refractivity contribution in [2.45, 2.75) is 52.4 Å². The lowest BCUT2D eigenvalue weighted by atomic mass is 9.93. The Kier molecular flexibility index (Phi) is 5.12. The van der Waals surface area contributed by atoms with E-state index in [9.17, 15) is 4.79 Å². The third-order valence-electron chi connectivity index (χ3n) is 2.46. The van der Waals surface area contributed by atoms with Crippen LogP contribution < -0.4 is 5.32 Å². The van der Waals surface area contributed by atoms with Crippen LogP contribution in [0.15, 0.2) is 5.38 Å². The first kappa shape index (κ1) is 14.2. The highest BCUT2D eigenvalue weighted by molar-refractivity contribution is 7.09. The number of hydrogen-bond acceptors (Lipinski definition) is 3. The molecule has 0 aliphatic heterocycles. The molecule has 0 fully saturated rings. The highest BCUT2D eigenvalue weighted by atomic mass is 32.1. The lowest BCUT2D eigenvalue weighted by molar-refractivity contribution is -0.121. The molecule has 1 aromatic rings. The van der Waals surface area contributed by atoms with Crippen LogP contribution in [-0.2, 0) is 16.6 Å². The van der Waals surface area contributed by atoms with Gasteiger partial charge in [0.05, 0.1) is 10.7 Å². The first-order chi connectivity index (χ1) is 7.93. The minimum Gasteiger partial charge on any atom is -0.356 e. The molecule has 0 atom stereocenters. The van der Waals surface area contributed by atoms with Crippen molar-refractivity contribution >= 4 is 17.2 Å². The van der Waals surface area contributed by atoms with Crippen LogP contribution in [-0.4, -0.2) is 17.4 Å². The van der Waals surface area contributed by atoms with Crippen molar-refractivity contribution in [1.82, 2.24) is 10.3 Å². The molecule has 3 nitrogen and oxygen atoms in total. The number of amides is 1.